The van der Waals surface area contributed by atoms with Crippen LogP contribution in [-0.2, 0) is 29.0 Å². The van der Waals surface area contributed by atoms with E-state index in [2.05, 4.69) is 37.1 Å². The Morgan fingerprint density at radius 2 is 2.08 bits per heavy atom. The van der Waals surface area contributed by atoms with Crippen molar-refractivity contribution in [3.63, 3.8) is 0 Å². The van der Waals surface area contributed by atoms with E-state index >= 15 is 0 Å². The molecule has 204 valence electrons. The number of aromatic nitrogens is 6. The van der Waals surface area contributed by atoms with Gasteiger partial charge in [-0.1, -0.05) is 6.08 Å². The summed E-state index contributed by atoms with van der Waals surface area (Å²) in [4.78, 5) is 29.9. The lowest BCUT2D eigenvalue weighted by atomic mass is 9.87. The second kappa shape index (κ2) is 11.7. The van der Waals surface area contributed by atoms with Gasteiger partial charge in [-0.15, -0.1) is 0 Å². The van der Waals surface area contributed by atoms with Gasteiger partial charge in [-0.05, 0) is 55.9 Å². The number of allylic oxidation sites excluding steroid dienone is 2. The minimum absolute atomic E-state index is 0.0876. The van der Waals surface area contributed by atoms with Crippen molar-refractivity contribution in [2.45, 2.75) is 45.7 Å². The fraction of sp³-hybridized carbons (Fsp3) is 0.393. The Bertz CT molecular complexity index is 1510. The smallest absolute Gasteiger partial charge is 0.337 e. The molecule has 3 aromatic heterocycles. The Hall–Kier alpha value is -4.12. The van der Waals surface area contributed by atoms with E-state index < -0.39 is 5.82 Å². The van der Waals surface area contributed by atoms with Crippen LogP contribution in [0.2, 0.25) is 0 Å². The van der Waals surface area contributed by atoms with Crippen LogP contribution in [0.25, 0.3) is 16.6 Å². The fourth-order valence-corrected chi connectivity index (χ4v) is 4.93. The van der Waals surface area contributed by atoms with Crippen molar-refractivity contribution in [2.75, 3.05) is 21.0 Å². The van der Waals surface area contributed by atoms with Crippen molar-refractivity contribution in [1.82, 2.24) is 29.1 Å². The van der Waals surface area contributed by atoms with E-state index in [9.17, 15) is 9.18 Å². The molecule has 0 spiro atoms. The lowest BCUT2D eigenvalue weighted by molar-refractivity contribution is 0.0445. The van der Waals surface area contributed by atoms with E-state index in [4.69, 9.17) is 19.2 Å². The molecule has 0 saturated heterocycles. The Morgan fingerprint density at radius 3 is 2.82 bits per heavy atom. The van der Waals surface area contributed by atoms with E-state index in [-0.39, 0.29) is 18.6 Å². The standard InChI is InChI=1S/C28H31FN6O4/c1-4-34-16-30-13-21(34)15-35-24-12-20(28(36)38-3)9-10-23(24)32-25(35)11-18-5-7-19(8-6-18)26-31-14-22(29)27(33-26)39-17-37-2/h7,9-10,12-14,16,18H,4-6,8,11,15,17H2,1-3H3. The second-order valence-electron chi connectivity index (χ2n) is 9.45. The minimum atomic E-state index is -0.622. The molecule has 1 unspecified atom stereocenters. The first kappa shape index (κ1) is 26.5. The number of methoxy groups -OCH3 is 2. The molecule has 0 radical (unpaired) electrons. The van der Waals surface area contributed by atoms with Gasteiger partial charge in [0, 0.05) is 26.3 Å². The van der Waals surface area contributed by atoms with E-state index in [1.54, 1.807) is 6.07 Å². The molecule has 3 heterocycles. The van der Waals surface area contributed by atoms with Crippen LogP contribution in [0.15, 0.2) is 43.0 Å². The largest absolute Gasteiger partial charge is 0.465 e. The van der Waals surface area contributed by atoms with Gasteiger partial charge in [-0.3, -0.25) is 0 Å². The van der Waals surface area contributed by atoms with Crippen molar-refractivity contribution >= 4 is 22.6 Å². The van der Waals surface area contributed by atoms with Gasteiger partial charge >= 0.3 is 5.97 Å². The number of carbonyl (C=O) groups excluding carboxylic acids is 1. The van der Waals surface area contributed by atoms with E-state index in [0.717, 1.165) is 66.5 Å². The van der Waals surface area contributed by atoms with Gasteiger partial charge in [0.25, 0.3) is 5.88 Å². The third kappa shape index (κ3) is 5.68. The first-order valence-electron chi connectivity index (χ1n) is 12.9. The first-order valence-corrected chi connectivity index (χ1v) is 12.9. The molecule has 39 heavy (non-hydrogen) atoms. The quantitative estimate of drug-likeness (QED) is 0.217. The van der Waals surface area contributed by atoms with Crippen LogP contribution in [0.5, 0.6) is 5.88 Å². The summed E-state index contributed by atoms with van der Waals surface area (Å²) >= 11 is 0. The summed E-state index contributed by atoms with van der Waals surface area (Å²) in [7, 11) is 2.85. The van der Waals surface area contributed by atoms with Crippen LogP contribution in [0.1, 0.15) is 53.9 Å². The maximum Gasteiger partial charge on any atom is 0.337 e. The number of imidazole rings is 2. The Kier molecular flexibility index (Phi) is 7.97. The molecule has 0 N–H and O–H groups in total. The van der Waals surface area contributed by atoms with E-state index in [0.29, 0.717) is 23.9 Å². The SMILES string of the molecule is CCn1cncc1Cn1c(CC2CC=C(c3ncc(F)c(OCOC)n3)CC2)nc2ccc(C(=O)OC)cc21. The Labute approximate surface area is 225 Å². The predicted molar refractivity (Wildman–Crippen MR) is 142 cm³/mol. The van der Waals surface area contributed by atoms with Crippen LogP contribution < -0.4 is 4.74 Å². The van der Waals surface area contributed by atoms with E-state index in [1.807, 2.05) is 24.7 Å². The highest BCUT2D eigenvalue weighted by Gasteiger charge is 2.23. The highest BCUT2D eigenvalue weighted by Crippen LogP contribution is 2.32. The lowest BCUT2D eigenvalue weighted by Crippen LogP contribution is -2.15. The zero-order valence-corrected chi connectivity index (χ0v) is 22.3. The number of carbonyl (C=O) groups is 1. The number of esters is 1. The maximum absolute atomic E-state index is 14.0. The third-order valence-electron chi connectivity index (χ3n) is 7.01. The summed E-state index contributed by atoms with van der Waals surface area (Å²) < 4.78 is 33.3. The van der Waals surface area contributed by atoms with E-state index in [1.165, 1.54) is 14.2 Å². The number of aryl methyl sites for hydroxylation is 1. The number of hydrogen-bond acceptors (Lipinski definition) is 8. The normalized spacial score (nSPS) is 15.4. The molecule has 1 atom stereocenters. The molecule has 0 bridgehead atoms. The van der Waals surface area contributed by atoms with Crippen molar-refractivity contribution in [3.05, 3.63) is 71.7 Å². The molecule has 10 nitrogen and oxygen atoms in total. The number of benzene rings is 1. The van der Waals surface area contributed by atoms with Gasteiger partial charge in [0.2, 0.25) is 5.82 Å². The molecule has 1 aromatic carbocycles. The molecule has 1 aliphatic carbocycles. The minimum Gasteiger partial charge on any atom is -0.465 e. The van der Waals surface area contributed by atoms with Crippen LogP contribution >= 0.6 is 0 Å². The number of fused-ring (bicyclic) bond motifs is 1. The van der Waals surface area contributed by atoms with Crippen LogP contribution in [0.3, 0.4) is 0 Å². The van der Waals surface area contributed by atoms with Crippen LogP contribution in [-0.4, -0.2) is 56.1 Å². The first-order chi connectivity index (χ1) is 19.0. The average Bonchev–Trinajstić information content (AvgIpc) is 3.56. The van der Waals surface area contributed by atoms with Crippen molar-refractivity contribution in [2.24, 2.45) is 5.92 Å². The number of halogens is 1. The second-order valence-corrected chi connectivity index (χ2v) is 9.45. The number of hydrogen-bond donors (Lipinski definition) is 0. The zero-order chi connectivity index (χ0) is 27.4. The average molecular weight is 535 g/mol. The molecular weight excluding hydrogens is 503 g/mol. The van der Waals surface area contributed by atoms with Gasteiger partial charge in [0.05, 0.1) is 48.5 Å². The highest BCUT2D eigenvalue weighted by atomic mass is 19.1. The number of rotatable bonds is 10. The molecule has 1 aliphatic rings. The summed E-state index contributed by atoms with van der Waals surface area (Å²) in [5, 5.41) is 0. The number of ether oxygens (including phenoxy) is 3. The lowest BCUT2D eigenvalue weighted by Gasteiger charge is -2.22. The summed E-state index contributed by atoms with van der Waals surface area (Å²) in [5.41, 5.74) is 4.23. The predicted octanol–water partition coefficient (Wildman–Crippen LogP) is 4.43. The monoisotopic (exact) mass is 534 g/mol. The van der Waals surface area contributed by atoms with Gasteiger partial charge in [0.1, 0.15) is 5.82 Å². The van der Waals surface area contributed by atoms with Crippen LogP contribution in [0, 0.1) is 11.7 Å². The summed E-state index contributed by atoms with van der Waals surface area (Å²) in [6.45, 7) is 3.39. The summed E-state index contributed by atoms with van der Waals surface area (Å²) in [6.07, 6.45) is 10.2. The van der Waals surface area contributed by atoms with Crippen molar-refractivity contribution in [1.29, 1.82) is 0 Å². The Balaban J connectivity index is 1.40. The zero-order valence-electron chi connectivity index (χ0n) is 22.3. The number of nitrogens with zero attached hydrogens (tertiary/aromatic N) is 6. The molecule has 0 aliphatic heterocycles. The van der Waals surface area contributed by atoms with Crippen molar-refractivity contribution < 1.29 is 23.4 Å². The summed E-state index contributed by atoms with van der Waals surface area (Å²) in [5.74, 6) is 0.654. The highest BCUT2D eigenvalue weighted by molar-refractivity contribution is 5.93. The molecule has 5 rings (SSSR count). The van der Waals surface area contributed by atoms with Crippen molar-refractivity contribution in [3.8, 4) is 5.88 Å². The molecule has 11 heteroatoms. The fourth-order valence-electron chi connectivity index (χ4n) is 4.93. The van der Waals surface area contributed by atoms with Crippen LogP contribution in [0.4, 0.5) is 4.39 Å². The van der Waals surface area contributed by atoms with Gasteiger partial charge in [-0.2, -0.15) is 9.37 Å². The maximum atomic E-state index is 14.0. The van der Waals surface area contributed by atoms with Gasteiger partial charge in [0.15, 0.2) is 12.6 Å². The molecule has 0 saturated carbocycles. The molecule has 0 fully saturated rings. The molecule has 4 aromatic rings. The molecule has 0 amide bonds. The summed E-state index contributed by atoms with van der Waals surface area (Å²) in [6, 6.07) is 5.46. The Morgan fingerprint density at radius 1 is 1.21 bits per heavy atom. The molecular formula is C28H31FN6O4. The van der Waals surface area contributed by atoms with Gasteiger partial charge < -0.3 is 23.3 Å². The third-order valence-corrected chi connectivity index (χ3v) is 7.01. The topological polar surface area (TPSA) is 106 Å². The van der Waals surface area contributed by atoms with Gasteiger partial charge in [-0.25, -0.2) is 19.7 Å².